The number of hydrogen-bond acceptors (Lipinski definition) is 7. The monoisotopic (exact) mass is 391 g/mol. The molecule has 27 heavy (non-hydrogen) atoms. The number of rotatable bonds is 8. The second-order valence-corrected chi connectivity index (χ2v) is 6.95. The minimum Gasteiger partial charge on any atom is -0.497 e. The number of carbonyl (C=O) groups excluding carboxylic acids is 1. The Hall–Kier alpha value is -2.26. The van der Waals surface area contributed by atoms with Gasteiger partial charge in [-0.2, -0.15) is 0 Å². The number of anilines is 1. The van der Waals surface area contributed by atoms with E-state index in [1.807, 2.05) is 40.7 Å². The van der Waals surface area contributed by atoms with E-state index in [1.165, 1.54) is 11.8 Å². The van der Waals surface area contributed by atoms with Crippen molar-refractivity contribution in [1.29, 1.82) is 0 Å². The minimum absolute atomic E-state index is 0.117. The molecule has 1 aromatic heterocycles. The molecule has 3 rings (SSSR count). The van der Waals surface area contributed by atoms with Crippen LogP contribution >= 0.6 is 11.8 Å². The van der Waals surface area contributed by atoms with Gasteiger partial charge in [-0.1, -0.05) is 11.8 Å². The maximum absolute atomic E-state index is 12.3. The summed E-state index contributed by atoms with van der Waals surface area (Å²) in [5.74, 6) is 2.15. The lowest BCUT2D eigenvalue weighted by Crippen LogP contribution is -2.41. The fourth-order valence-corrected chi connectivity index (χ4v) is 3.72. The molecule has 9 heteroatoms. The van der Waals surface area contributed by atoms with Gasteiger partial charge in [0, 0.05) is 25.3 Å². The Bertz CT molecular complexity index is 744. The topological polar surface area (TPSA) is 81.5 Å². The minimum atomic E-state index is 0.117. The highest BCUT2D eigenvalue weighted by molar-refractivity contribution is 7.99. The van der Waals surface area contributed by atoms with E-state index in [4.69, 9.17) is 9.47 Å². The smallest absolute Gasteiger partial charge is 0.233 e. The number of aromatic nitrogens is 3. The number of morpholine rings is 1. The van der Waals surface area contributed by atoms with Crippen molar-refractivity contribution in [3.63, 3.8) is 0 Å². The summed E-state index contributed by atoms with van der Waals surface area (Å²) in [6.45, 7) is 5.92. The molecule has 8 nitrogen and oxygen atoms in total. The van der Waals surface area contributed by atoms with Crippen molar-refractivity contribution < 1.29 is 14.3 Å². The van der Waals surface area contributed by atoms with E-state index < -0.39 is 0 Å². The molecular weight excluding hydrogens is 366 g/mol. The molecule has 0 spiro atoms. The number of amides is 1. The number of methoxy groups -OCH3 is 1. The number of nitrogens with zero attached hydrogens (tertiary/aromatic N) is 4. The normalized spacial score (nSPS) is 14.2. The zero-order valence-electron chi connectivity index (χ0n) is 15.7. The van der Waals surface area contributed by atoms with Crippen LogP contribution in [0.4, 0.5) is 5.69 Å². The fraction of sp³-hybridized carbons (Fsp3) is 0.500. The first-order valence-corrected chi connectivity index (χ1v) is 9.98. The molecule has 1 saturated heterocycles. The molecule has 1 aliphatic rings. The first kappa shape index (κ1) is 19.5. The summed E-state index contributed by atoms with van der Waals surface area (Å²) in [4.78, 5) is 14.2. The molecular formula is C18H25N5O3S. The molecule has 1 N–H and O–H groups in total. The third-order valence-corrected chi connectivity index (χ3v) is 5.29. The molecule has 0 aliphatic carbocycles. The zero-order chi connectivity index (χ0) is 19.1. The SMILES string of the molecule is CCn1c(CNc2ccc(OC)cc2)nnc1SCC(=O)N1CCOCC1. The Balaban J connectivity index is 1.56. The van der Waals surface area contributed by atoms with Gasteiger partial charge in [0.05, 0.1) is 32.6 Å². The molecule has 0 bridgehead atoms. The van der Waals surface area contributed by atoms with Crippen LogP contribution in [0.1, 0.15) is 12.7 Å². The summed E-state index contributed by atoms with van der Waals surface area (Å²) in [7, 11) is 1.65. The van der Waals surface area contributed by atoms with Gasteiger partial charge in [0.1, 0.15) is 5.75 Å². The first-order chi connectivity index (χ1) is 13.2. The Morgan fingerprint density at radius 2 is 2.00 bits per heavy atom. The maximum atomic E-state index is 12.3. The Kier molecular flexibility index (Phi) is 6.94. The van der Waals surface area contributed by atoms with Crippen molar-refractivity contribution in [2.75, 3.05) is 44.5 Å². The van der Waals surface area contributed by atoms with Gasteiger partial charge >= 0.3 is 0 Å². The van der Waals surface area contributed by atoms with Gasteiger partial charge in [-0.15, -0.1) is 10.2 Å². The third-order valence-electron chi connectivity index (χ3n) is 4.34. The molecule has 0 atom stereocenters. The predicted molar refractivity (Wildman–Crippen MR) is 104 cm³/mol. The highest BCUT2D eigenvalue weighted by Crippen LogP contribution is 2.20. The van der Waals surface area contributed by atoms with Crippen molar-refractivity contribution in [3.05, 3.63) is 30.1 Å². The van der Waals surface area contributed by atoms with E-state index in [0.717, 1.165) is 29.0 Å². The summed E-state index contributed by atoms with van der Waals surface area (Å²) in [6, 6.07) is 7.74. The second-order valence-electron chi connectivity index (χ2n) is 6.01. The molecule has 1 fully saturated rings. The van der Waals surface area contributed by atoms with Gasteiger partial charge in [0.15, 0.2) is 11.0 Å². The van der Waals surface area contributed by atoms with Crippen molar-refractivity contribution in [2.45, 2.75) is 25.2 Å². The quantitative estimate of drug-likeness (QED) is 0.688. The van der Waals surface area contributed by atoms with E-state index in [-0.39, 0.29) is 5.91 Å². The van der Waals surface area contributed by atoms with Crippen LogP contribution in [-0.2, 0) is 22.6 Å². The molecule has 1 aliphatic heterocycles. The van der Waals surface area contributed by atoms with Crippen LogP contribution < -0.4 is 10.1 Å². The standard InChI is InChI=1S/C18H25N5O3S/c1-3-23-16(12-19-14-4-6-15(25-2)7-5-14)20-21-18(23)27-13-17(24)22-8-10-26-11-9-22/h4-7,19H,3,8-13H2,1-2H3. The van der Waals surface area contributed by atoms with Gasteiger partial charge in [0.25, 0.3) is 0 Å². The number of benzene rings is 1. The summed E-state index contributed by atoms with van der Waals surface area (Å²) in [5.41, 5.74) is 0.984. The predicted octanol–water partition coefficient (Wildman–Crippen LogP) is 1.87. The average Bonchev–Trinajstić information content (AvgIpc) is 3.13. The van der Waals surface area contributed by atoms with Gasteiger partial charge < -0.3 is 24.3 Å². The van der Waals surface area contributed by atoms with E-state index in [2.05, 4.69) is 15.5 Å². The molecule has 0 saturated carbocycles. The van der Waals surface area contributed by atoms with Crippen LogP contribution in [0.3, 0.4) is 0 Å². The van der Waals surface area contributed by atoms with Crippen molar-refractivity contribution in [1.82, 2.24) is 19.7 Å². The lowest BCUT2D eigenvalue weighted by Gasteiger charge is -2.26. The number of carbonyl (C=O) groups is 1. The zero-order valence-corrected chi connectivity index (χ0v) is 16.5. The summed E-state index contributed by atoms with van der Waals surface area (Å²) in [5, 5.41) is 12.7. The van der Waals surface area contributed by atoms with Crippen molar-refractivity contribution in [3.8, 4) is 5.75 Å². The summed E-state index contributed by atoms with van der Waals surface area (Å²) in [6.07, 6.45) is 0. The Morgan fingerprint density at radius 3 is 2.67 bits per heavy atom. The number of thioether (sulfide) groups is 1. The molecule has 0 unspecified atom stereocenters. The van der Waals surface area contributed by atoms with Crippen LogP contribution in [0.2, 0.25) is 0 Å². The molecule has 2 aromatic rings. The molecule has 1 amide bonds. The van der Waals surface area contributed by atoms with Gasteiger partial charge in [0.2, 0.25) is 5.91 Å². The van der Waals surface area contributed by atoms with Crippen molar-refractivity contribution in [2.24, 2.45) is 0 Å². The third kappa shape index (κ3) is 5.14. The van der Waals surface area contributed by atoms with Gasteiger partial charge in [-0.05, 0) is 31.2 Å². The maximum Gasteiger partial charge on any atom is 0.233 e. The first-order valence-electron chi connectivity index (χ1n) is 8.99. The van der Waals surface area contributed by atoms with Crippen LogP contribution in [0.5, 0.6) is 5.75 Å². The highest BCUT2D eigenvalue weighted by atomic mass is 32.2. The lowest BCUT2D eigenvalue weighted by atomic mass is 10.3. The molecule has 0 radical (unpaired) electrons. The summed E-state index contributed by atoms with van der Waals surface area (Å²) < 4.78 is 12.5. The van der Waals surface area contributed by atoms with Crippen LogP contribution in [0.15, 0.2) is 29.4 Å². The fourth-order valence-electron chi connectivity index (χ4n) is 2.79. The summed E-state index contributed by atoms with van der Waals surface area (Å²) >= 11 is 1.43. The van der Waals surface area contributed by atoms with Gasteiger partial charge in [-0.25, -0.2) is 0 Å². The number of ether oxygens (including phenoxy) is 2. The second kappa shape index (κ2) is 9.61. The number of nitrogens with one attached hydrogen (secondary N) is 1. The lowest BCUT2D eigenvalue weighted by molar-refractivity contribution is -0.132. The average molecular weight is 391 g/mol. The molecule has 146 valence electrons. The van der Waals surface area contributed by atoms with Crippen LogP contribution in [0.25, 0.3) is 0 Å². The van der Waals surface area contributed by atoms with Crippen LogP contribution in [-0.4, -0.2) is 64.7 Å². The van der Waals surface area contributed by atoms with E-state index in [9.17, 15) is 4.79 Å². The highest BCUT2D eigenvalue weighted by Gasteiger charge is 2.19. The van der Waals surface area contributed by atoms with E-state index >= 15 is 0 Å². The Morgan fingerprint density at radius 1 is 1.26 bits per heavy atom. The van der Waals surface area contributed by atoms with Crippen LogP contribution in [0, 0.1) is 0 Å². The number of hydrogen-bond donors (Lipinski definition) is 1. The molecule has 1 aromatic carbocycles. The van der Waals surface area contributed by atoms with E-state index in [1.54, 1.807) is 7.11 Å². The van der Waals surface area contributed by atoms with Gasteiger partial charge in [-0.3, -0.25) is 4.79 Å². The Labute approximate surface area is 163 Å². The largest absolute Gasteiger partial charge is 0.497 e. The van der Waals surface area contributed by atoms with E-state index in [0.29, 0.717) is 38.6 Å². The molecule has 2 heterocycles. The van der Waals surface area contributed by atoms with Crippen molar-refractivity contribution >= 4 is 23.4 Å².